The highest BCUT2D eigenvalue weighted by molar-refractivity contribution is 5.93. The molecule has 25 heavy (non-hydrogen) atoms. The van der Waals surface area contributed by atoms with Crippen LogP contribution in [-0.4, -0.2) is 9.55 Å². The van der Waals surface area contributed by atoms with E-state index < -0.39 is 0 Å². The van der Waals surface area contributed by atoms with Crippen LogP contribution in [0.25, 0.3) is 22.5 Å². The second-order valence-electron chi connectivity index (χ2n) is 6.52. The van der Waals surface area contributed by atoms with Gasteiger partial charge in [-0.25, -0.2) is 4.98 Å². The molecular weight excluding hydrogens is 306 g/mol. The molecule has 2 aliphatic heterocycles. The first-order chi connectivity index (χ1) is 12.4. The fourth-order valence-corrected chi connectivity index (χ4v) is 4.28. The van der Waals surface area contributed by atoms with Crippen molar-refractivity contribution < 1.29 is 0 Å². The Labute approximate surface area is 145 Å². The topological polar surface area (TPSA) is 21.1 Å². The van der Waals surface area contributed by atoms with E-state index in [4.69, 9.17) is 0 Å². The lowest BCUT2D eigenvalue weighted by Crippen LogP contribution is -2.36. The summed E-state index contributed by atoms with van der Waals surface area (Å²) in [6, 6.07) is 25.9. The molecule has 1 atom stereocenters. The van der Waals surface area contributed by atoms with Gasteiger partial charge in [-0.2, -0.15) is 0 Å². The van der Waals surface area contributed by atoms with Crippen molar-refractivity contribution in [1.82, 2.24) is 9.55 Å². The monoisotopic (exact) mass is 321 g/mol. The minimum atomic E-state index is 0.0958. The molecule has 0 spiro atoms. The van der Waals surface area contributed by atoms with Crippen molar-refractivity contribution in [3.63, 3.8) is 0 Å². The van der Waals surface area contributed by atoms with Crippen LogP contribution in [0.2, 0.25) is 0 Å². The fourth-order valence-electron chi connectivity index (χ4n) is 4.28. The van der Waals surface area contributed by atoms with E-state index in [0.717, 1.165) is 5.82 Å². The van der Waals surface area contributed by atoms with Gasteiger partial charge < -0.3 is 9.47 Å². The summed E-state index contributed by atoms with van der Waals surface area (Å²) >= 11 is 0. The third-order valence-corrected chi connectivity index (χ3v) is 5.27. The number of benzene rings is 3. The van der Waals surface area contributed by atoms with Crippen molar-refractivity contribution in [3.8, 4) is 22.5 Å². The van der Waals surface area contributed by atoms with E-state index >= 15 is 0 Å². The summed E-state index contributed by atoms with van der Waals surface area (Å²) in [6.45, 7) is 0. The third kappa shape index (κ3) is 1.57. The minimum absolute atomic E-state index is 0.0958. The summed E-state index contributed by atoms with van der Waals surface area (Å²) in [4.78, 5) is 7.10. The first-order valence-electron chi connectivity index (χ1n) is 8.53. The SMILES string of the molecule is c1ccc2c(c1)-c1ccccc1N1c3ccccc3-c3nccn3C21. The Morgan fingerprint density at radius 2 is 1.32 bits per heavy atom. The Morgan fingerprint density at radius 1 is 0.680 bits per heavy atom. The van der Waals surface area contributed by atoms with Gasteiger partial charge in [-0.05, 0) is 23.8 Å². The molecule has 3 nitrogen and oxygen atoms in total. The molecule has 0 radical (unpaired) electrons. The lowest BCUT2D eigenvalue weighted by Gasteiger charge is -2.44. The Morgan fingerprint density at radius 3 is 2.16 bits per heavy atom. The van der Waals surface area contributed by atoms with Gasteiger partial charge in [0, 0.05) is 29.1 Å². The number of fused-ring (bicyclic) bond motifs is 11. The van der Waals surface area contributed by atoms with Gasteiger partial charge in [0.25, 0.3) is 0 Å². The lowest BCUT2D eigenvalue weighted by atomic mass is 9.89. The molecule has 0 bridgehead atoms. The van der Waals surface area contributed by atoms with E-state index in [9.17, 15) is 0 Å². The average molecular weight is 321 g/mol. The highest BCUT2D eigenvalue weighted by atomic mass is 15.3. The van der Waals surface area contributed by atoms with Gasteiger partial charge in [-0.3, -0.25) is 0 Å². The predicted octanol–water partition coefficient (Wildman–Crippen LogP) is 5.23. The van der Waals surface area contributed by atoms with Crippen LogP contribution >= 0.6 is 0 Å². The van der Waals surface area contributed by atoms with Crippen LogP contribution in [0.15, 0.2) is 85.2 Å². The van der Waals surface area contributed by atoms with Gasteiger partial charge in [0.05, 0.1) is 11.4 Å². The van der Waals surface area contributed by atoms with E-state index in [-0.39, 0.29) is 6.17 Å². The Kier molecular flexibility index (Phi) is 2.40. The maximum atomic E-state index is 4.65. The van der Waals surface area contributed by atoms with Gasteiger partial charge in [0.1, 0.15) is 12.0 Å². The maximum absolute atomic E-state index is 4.65. The van der Waals surface area contributed by atoms with Crippen molar-refractivity contribution in [2.45, 2.75) is 6.17 Å². The zero-order valence-electron chi connectivity index (χ0n) is 13.5. The smallest absolute Gasteiger partial charge is 0.143 e. The number of aromatic nitrogens is 2. The van der Waals surface area contributed by atoms with Crippen LogP contribution in [0.4, 0.5) is 11.4 Å². The Balaban J connectivity index is 1.77. The molecule has 0 N–H and O–H groups in total. The molecule has 0 saturated heterocycles. The van der Waals surface area contributed by atoms with Gasteiger partial charge in [-0.1, -0.05) is 54.6 Å². The molecule has 3 heterocycles. The Hall–Kier alpha value is -3.33. The summed E-state index contributed by atoms with van der Waals surface area (Å²) in [5, 5.41) is 0. The number of para-hydroxylation sites is 2. The van der Waals surface area contributed by atoms with Crippen molar-refractivity contribution in [1.29, 1.82) is 0 Å². The van der Waals surface area contributed by atoms with E-state index in [1.165, 1.54) is 33.6 Å². The highest BCUT2D eigenvalue weighted by Gasteiger charge is 2.38. The van der Waals surface area contributed by atoms with Crippen molar-refractivity contribution in [2.75, 3.05) is 4.90 Å². The van der Waals surface area contributed by atoms with Crippen molar-refractivity contribution in [2.24, 2.45) is 0 Å². The molecule has 3 aromatic carbocycles. The highest BCUT2D eigenvalue weighted by Crippen LogP contribution is 2.53. The second kappa shape index (κ2) is 4.61. The van der Waals surface area contributed by atoms with E-state index in [1.54, 1.807) is 0 Å². The number of nitrogens with zero attached hydrogens (tertiary/aromatic N) is 3. The molecule has 118 valence electrons. The zero-order chi connectivity index (χ0) is 16.4. The molecule has 3 heteroatoms. The fraction of sp³-hybridized carbons (Fsp3) is 0.0455. The number of imidazole rings is 1. The summed E-state index contributed by atoms with van der Waals surface area (Å²) in [5.74, 6) is 1.03. The average Bonchev–Trinajstić information content (AvgIpc) is 3.17. The third-order valence-electron chi connectivity index (χ3n) is 5.27. The lowest BCUT2D eigenvalue weighted by molar-refractivity contribution is 0.583. The quantitative estimate of drug-likeness (QED) is 0.442. The van der Waals surface area contributed by atoms with Crippen LogP contribution in [0, 0.1) is 0 Å². The van der Waals surface area contributed by atoms with Crippen LogP contribution < -0.4 is 4.90 Å². The summed E-state index contributed by atoms with van der Waals surface area (Å²) in [5.41, 5.74) is 7.55. The molecule has 0 aliphatic carbocycles. The molecule has 4 aromatic rings. The standard InChI is InChI=1S/C22H15N3/c1-2-9-17-15(7-1)16-8-3-5-11-19(16)25-20-12-6-4-10-18(20)21-23-13-14-24(21)22(17)25/h1-14,22H. The molecule has 1 unspecified atom stereocenters. The molecule has 0 fully saturated rings. The van der Waals surface area contributed by atoms with Crippen LogP contribution in [0.3, 0.4) is 0 Å². The first-order valence-corrected chi connectivity index (χ1v) is 8.53. The number of anilines is 2. The molecule has 2 aliphatic rings. The summed E-state index contributed by atoms with van der Waals surface area (Å²) in [7, 11) is 0. The van der Waals surface area contributed by atoms with Crippen molar-refractivity contribution in [3.05, 3.63) is 90.8 Å². The second-order valence-corrected chi connectivity index (χ2v) is 6.52. The maximum Gasteiger partial charge on any atom is 0.143 e. The number of hydrogen-bond donors (Lipinski definition) is 0. The number of hydrogen-bond acceptors (Lipinski definition) is 2. The summed E-state index contributed by atoms with van der Waals surface area (Å²) < 4.78 is 2.29. The largest absolute Gasteiger partial charge is 0.315 e. The minimum Gasteiger partial charge on any atom is -0.315 e. The van der Waals surface area contributed by atoms with Gasteiger partial charge in [0.15, 0.2) is 0 Å². The van der Waals surface area contributed by atoms with Gasteiger partial charge in [-0.15, -0.1) is 0 Å². The van der Waals surface area contributed by atoms with Crippen LogP contribution in [-0.2, 0) is 0 Å². The first kappa shape index (κ1) is 13.0. The van der Waals surface area contributed by atoms with E-state index in [0.29, 0.717) is 0 Å². The number of rotatable bonds is 0. The Bertz CT molecular complexity index is 1130. The van der Waals surface area contributed by atoms with E-state index in [1.807, 2.05) is 6.20 Å². The van der Waals surface area contributed by atoms with Gasteiger partial charge in [0.2, 0.25) is 0 Å². The van der Waals surface area contributed by atoms with E-state index in [2.05, 4.69) is 93.4 Å². The normalized spacial score (nSPS) is 16.3. The molecule has 0 saturated carbocycles. The van der Waals surface area contributed by atoms with Crippen LogP contribution in [0.1, 0.15) is 11.7 Å². The molecule has 1 aromatic heterocycles. The van der Waals surface area contributed by atoms with Gasteiger partial charge >= 0.3 is 0 Å². The predicted molar refractivity (Wildman–Crippen MR) is 99.8 cm³/mol. The van der Waals surface area contributed by atoms with Crippen molar-refractivity contribution >= 4 is 11.4 Å². The zero-order valence-corrected chi connectivity index (χ0v) is 13.5. The molecular formula is C22H15N3. The summed E-state index contributed by atoms with van der Waals surface area (Å²) in [6.07, 6.45) is 4.09. The molecule has 0 amide bonds. The van der Waals surface area contributed by atoms with Crippen LogP contribution in [0.5, 0.6) is 0 Å². The molecule has 6 rings (SSSR count).